The maximum absolute atomic E-state index is 5.55. The Kier molecular flexibility index (Phi) is 7.28. The molecule has 1 aliphatic rings. The van der Waals surface area contributed by atoms with Crippen LogP contribution in [0.2, 0.25) is 0 Å². The molecule has 1 aliphatic heterocycles. The van der Waals surface area contributed by atoms with Gasteiger partial charge in [0, 0.05) is 20.2 Å². The Morgan fingerprint density at radius 1 is 1.40 bits per heavy atom. The summed E-state index contributed by atoms with van der Waals surface area (Å²) in [5.74, 6) is 2.28. The predicted molar refractivity (Wildman–Crippen MR) is 88.6 cm³/mol. The lowest BCUT2D eigenvalue weighted by atomic mass is 10.2. The normalized spacial score (nSPS) is 18.8. The zero-order chi connectivity index (χ0) is 13.7. The van der Waals surface area contributed by atoms with Gasteiger partial charge in [-0.1, -0.05) is 0 Å². The molecule has 6 nitrogen and oxygen atoms in total. The first-order valence-corrected chi connectivity index (χ1v) is 6.68. The fraction of sp³-hybridized carbons (Fsp3) is 0.692. The van der Waals surface area contributed by atoms with Gasteiger partial charge in [-0.2, -0.15) is 0 Å². The molecule has 0 aliphatic carbocycles. The Morgan fingerprint density at radius 2 is 2.20 bits per heavy atom. The average Bonchev–Trinajstić information content (AvgIpc) is 3.01. The number of nitrogens with one attached hydrogen (secondary N) is 2. The molecule has 0 radical (unpaired) electrons. The molecule has 0 spiro atoms. The lowest BCUT2D eigenvalue weighted by Crippen LogP contribution is -2.40. The Labute approximate surface area is 136 Å². The Bertz CT molecular complexity index is 422. The number of hydrogen-bond acceptors (Lipinski definition) is 4. The van der Waals surface area contributed by atoms with Gasteiger partial charge >= 0.3 is 0 Å². The number of aromatic nitrogens is 1. The quantitative estimate of drug-likeness (QED) is 0.463. The van der Waals surface area contributed by atoms with Crippen molar-refractivity contribution >= 4 is 29.9 Å². The summed E-state index contributed by atoms with van der Waals surface area (Å²) < 4.78 is 11.1. The number of hydrogen-bond donors (Lipinski definition) is 2. The van der Waals surface area contributed by atoms with Crippen LogP contribution in [0.15, 0.2) is 9.41 Å². The standard InChI is InChI=1S/C13H22N4O2.HI/c1-9-10(2)19-12(17-9)8-16-13(14-3)15-7-11-5-4-6-18-11;/h11H,4-8H2,1-3H3,(H2,14,15,16);1H. The third-order valence-corrected chi connectivity index (χ3v) is 3.22. The molecule has 7 heteroatoms. The lowest BCUT2D eigenvalue weighted by Gasteiger charge is -2.14. The first-order valence-electron chi connectivity index (χ1n) is 6.68. The predicted octanol–water partition coefficient (Wildman–Crippen LogP) is 1.75. The second-order valence-corrected chi connectivity index (χ2v) is 4.69. The summed E-state index contributed by atoms with van der Waals surface area (Å²) in [6.45, 7) is 6.03. The van der Waals surface area contributed by atoms with Gasteiger partial charge in [0.05, 0.1) is 18.3 Å². The van der Waals surface area contributed by atoms with Crippen LogP contribution in [0.5, 0.6) is 0 Å². The summed E-state index contributed by atoms with van der Waals surface area (Å²) in [6, 6.07) is 0. The van der Waals surface area contributed by atoms with Crippen LogP contribution < -0.4 is 10.6 Å². The van der Waals surface area contributed by atoms with E-state index in [1.807, 2.05) is 13.8 Å². The first kappa shape index (κ1) is 17.2. The van der Waals surface area contributed by atoms with Gasteiger partial charge < -0.3 is 19.8 Å². The zero-order valence-corrected chi connectivity index (χ0v) is 14.6. The molecule has 20 heavy (non-hydrogen) atoms. The minimum atomic E-state index is 0. The highest BCUT2D eigenvalue weighted by Gasteiger charge is 2.15. The van der Waals surface area contributed by atoms with Gasteiger partial charge in [-0.3, -0.25) is 4.99 Å². The van der Waals surface area contributed by atoms with Gasteiger partial charge in [-0.25, -0.2) is 4.98 Å². The molecule has 1 fully saturated rings. The van der Waals surface area contributed by atoms with Crippen LogP contribution in [0, 0.1) is 13.8 Å². The van der Waals surface area contributed by atoms with E-state index in [0.29, 0.717) is 18.5 Å². The van der Waals surface area contributed by atoms with Gasteiger partial charge in [0.25, 0.3) is 0 Å². The number of ether oxygens (including phenoxy) is 1. The van der Waals surface area contributed by atoms with Crippen molar-refractivity contribution in [1.82, 2.24) is 15.6 Å². The van der Waals surface area contributed by atoms with E-state index in [0.717, 1.165) is 43.4 Å². The highest BCUT2D eigenvalue weighted by molar-refractivity contribution is 14.0. The number of halogens is 1. The summed E-state index contributed by atoms with van der Waals surface area (Å²) in [4.78, 5) is 8.48. The number of rotatable bonds is 4. The Hall–Kier alpha value is -0.830. The van der Waals surface area contributed by atoms with Crippen molar-refractivity contribution in [3.05, 3.63) is 17.3 Å². The molecule has 1 saturated heterocycles. The van der Waals surface area contributed by atoms with Gasteiger partial charge in [-0.15, -0.1) is 24.0 Å². The summed E-state index contributed by atoms with van der Waals surface area (Å²) in [5, 5.41) is 6.42. The van der Waals surface area contributed by atoms with E-state index in [4.69, 9.17) is 9.15 Å². The van der Waals surface area contributed by atoms with E-state index in [1.165, 1.54) is 0 Å². The smallest absolute Gasteiger partial charge is 0.214 e. The van der Waals surface area contributed by atoms with E-state index in [-0.39, 0.29) is 24.0 Å². The molecule has 2 heterocycles. The van der Waals surface area contributed by atoms with Gasteiger partial charge in [0.15, 0.2) is 5.96 Å². The van der Waals surface area contributed by atoms with Crippen molar-refractivity contribution in [3.8, 4) is 0 Å². The third-order valence-electron chi connectivity index (χ3n) is 3.22. The van der Waals surface area contributed by atoms with Crippen molar-refractivity contribution in [1.29, 1.82) is 0 Å². The summed E-state index contributed by atoms with van der Waals surface area (Å²) in [6.07, 6.45) is 2.56. The number of guanidine groups is 1. The van der Waals surface area contributed by atoms with E-state index < -0.39 is 0 Å². The highest BCUT2D eigenvalue weighted by atomic mass is 127. The van der Waals surface area contributed by atoms with E-state index >= 15 is 0 Å². The van der Waals surface area contributed by atoms with Crippen LogP contribution in [0.3, 0.4) is 0 Å². The summed E-state index contributed by atoms with van der Waals surface area (Å²) in [7, 11) is 1.75. The van der Waals surface area contributed by atoms with Gasteiger partial charge in [0.2, 0.25) is 5.89 Å². The fourth-order valence-electron chi connectivity index (χ4n) is 2.01. The van der Waals surface area contributed by atoms with Gasteiger partial charge in [0.1, 0.15) is 5.76 Å². The molecule has 1 unspecified atom stereocenters. The Morgan fingerprint density at radius 3 is 2.75 bits per heavy atom. The number of aliphatic imine (C=N–C) groups is 1. The molecule has 114 valence electrons. The van der Waals surface area contributed by atoms with E-state index in [1.54, 1.807) is 7.05 Å². The van der Waals surface area contributed by atoms with Crippen molar-refractivity contribution in [2.75, 3.05) is 20.2 Å². The molecule has 2 rings (SSSR count). The van der Waals surface area contributed by atoms with Crippen molar-refractivity contribution in [2.24, 2.45) is 4.99 Å². The highest BCUT2D eigenvalue weighted by Crippen LogP contribution is 2.10. The average molecular weight is 394 g/mol. The zero-order valence-electron chi connectivity index (χ0n) is 12.2. The summed E-state index contributed by atoms with van der Waals surface area (Å²) >= 11 is 0. The molecule has 1 atom stereocenters. The molecule has 1 aromatic rings. The van der Waals surface area contributed by atoms with Crippen LogP contribution in [0.4, 0.5) is 0 Å². The monoisotopic (exact) mass is 394 g/mol. The minimum absolute atomic E-state index is 0. The summed E-state index contributed by atoms with van der Waals surface area (Å²) in [5.41, 5.74) is 0.930. The van der Waals surface area contributed by atoms with Crippen LogP contribution in [-0.2, 0) is 11.3 Å². The van der Waals surface area contributed by atoms with Gasteiger partial charge in [-0.05, 0) is 26.7 Å². The van der Waals surface area contributed by atoms with Crippen molar-refractivity contribution in [2.45, 2.75) is 39.3 Å². The topological polar surface area (TPSA) is 71.7 Å². The molecular weight excluding hydrogens is 371 g/mol. The molecular formula is C13H23IN4O2. The largest absolute Gasteiger partial charge is 0.444 e. The van der Waals surface area contributed by atoms with Crippen molar-refractivity contribution < 1.29 is 9.15 Å². The maximum Gasteiger partial charge on any atom is 0.214 e. The number of aryl methyl sites for hydroxylation is 2. The minimum Gasteiger partial charge on any atom is -0.444 e. The second-order valence-electron chi connectivity index (χ2n) is 4.69. The SMILES string of the molecule is CN=C(NCc1nc(C)c(C)o1)NCC1CCCO1.I. The van der Waals surface area contributed by atoms with Crippen LogP contribution >= 0.6 is 24.0 Å². The fourth-order valence-corrected chi connectivity index (χ4v) is 2.01. The Balaban J connectivity index is 0.00000200. The number of oxazole rings is 1. The van der Waals surface area contributed by atoms with Crippen LogP contribution in [0.1, 0.15) is 30.2 Å². The molecule has 1 aromatic heterocycles. The molecule has 2 N–H and O–H groups in total. The van der Waals surface area contributed by atoms with Crippen LogP contribution in [-0.4, -0.2) is 37.2 Å². The maximum atomic E-state index is 5.55. The molecule has 0 bridgehead atoms. The molecule has 0 amide bonds. The van der Waals surface area contributed by atoms with Crippen LogP contribution in [0.25, 0.3) is 0 Å². The molecule has 0 saturated carbocycles. The second kappa shape index (κ2) is 8.46. The van der Waals surface area contributed by atoms with E-state index in [2.05, 4.69) is 20.6 Å². The first-order chi connectivity index (χ1) is 9.19. The molecule has 0 aromatic carbocycles. The van der Waals surface area contributed by atoms with E-state index in [9.17, 15) is 0 Å². The van der Waals surface area contributed by atoms with Crippen molar-refractivity contribution in [3.63, 3.8) is 0 Å². The third kappa shape index (κ3) is 4.93. The number of nitrogens with zero attached hydrogens (tertiary/aromatic N) is 2. The lowest BCUT2D eigenvalue weighted by molar-refractivity contribution is 0.114.